The van der Waals surface area contributed by atoms with E-state index in [1.54, 1.807) is 7.11 Å². The molecule has 1 nitrogen and oxygen atoms in total. The molecular weight excluding hydrogens is 352 g/mol. The van der Waals surface area contributed by atoms with Gasteiger partial charge >= 0.3 is 0 Å². The van der Waals surface area contributed by atoms with Gasteiger partial charge in [0.05, 0.1) is 7.11 Å². The van der Waals surface area contributed by atoms with Crippen LogP contribution in [0, 0.1) is 6.92 Å². The first-order valence-corrected chi connectivity index (χ1v) is 9.40. The van der Waals surface area contributed by atoms with Crippen LogP contribution in [0.5, 0.6) is 5.75 Å². The molecule has 27 heavy (non-hydrogen) atoms. The quantitative estimate of drug-likeness (QED) is 0.286. The van der Waals surface area contributed by atoms with Gasteiger partial charge in [0.1, 0.15) is 10.6 Å². The van der Waals surface area contributed by atoms with Crippen LogP contribution in [-0.4, -0.2) is 7.11 Å². The minimum Gasteiger partial charge on any atom is -0.496 e. The molecule has 0 bridgehead atoms. The first-order chi connectivity index (χ1) is 13.1. The number of hydrogen-bond donors (Lipinski definition) is 0. The Hall–Kier alpha value is -2.77. The molecule has 4 aromatic carbocycles. The smallest absolute Gasteiger partial charge is 0.121 e. The molecule has 0 N–H and O–H groups in total. The molecule has 4 aromatic rings. The van der Waals surface area contributed by atoms with E-state index >= 15 is 0 Å². The molecule has 4 rings (SSSR count). The number of rotatable bonds is 4. The molecule has 134 valence electrons. The molecule has 0 heterocycles. The maximum absolute atomic E-state index is 7.52. The molecule has 0 aromatic heterocycles. The van der Waals surface area contributed by atoms with Crippen LogP contribution < -0.4 is 4.74 Å². The van der Waals surface area contributed by atoms with E-state index in [9.17, 15) is 0 Å². The third-order valence-corrected chi connectivity index (χ3v) is 5.77. The number of benzene rings is 4. The van der Waals surface area contributed by atoms with Crippen LogP contribution >= 0.6 is 11.6 Å². The highest BCUT2D eigenvalue weighted by molar-refractivity contribution is 6.29. The Morgan fingerprint density at radius 2 is 1.44 bits per heavy atom. The molecule has 1 unspecified atom stereocenters. The van der Waals surface area contributed by atoms with Crippen LogP contribution in [-0.2, 0) is 4.87 Å². The predicted molar refractivity (Wildman–Crippen MR) is 114 cm³/mol. The third kappa shape index (κ3) is 2.98. The summed E-state index contributed by atoms with van der Waals surface area (Å²) in [6.45, 7) is 2.05. The maximum Gasteiger partial charge on any atom is 0.121 e. The summed E-state index contributed by atoms with van der Waals surface area (Å²) in [5, 5.41) is 2.34. The van der Waals surface area contributed by atoms with Gasteiger partial charge in [-0.3, -0.25) is 0 Å². The minimum absolute atomic E-state index is 0.793. The fourth-order valence-electron chi connectivity index (χ4n) is 3.76. The first kappa shape index (κ1) is 17.6. The summed E-state index contributed by atoms with van der Waals surface area (Å²) in [6, 6.07) is 31.2. The van der Waals surface area contributed by atoms with Crippen molar-refractivity contribution in [3.63, 3.8) is 0 Å². The summed E-state index contributed by atoms with van der Waals surface area (Å²) in [5.41, 5.74) is 4.23. The van der Waals surface area contributed by atoms with Crippen molar-refractivity contribution in [1.82, 2.24) is 0 Å². The molecule has 0 radical (unpaired) electrons. The lowest BCUT2D eigenvalue weighted by molar-refractivity contribution is 0.411. The third-order valence-electron chi connectivity index (χ3n) is 5.12. The highest BCUT2D eigenvalue weighted by Gasteiger charge is 2.35. The zero-order chi connectivity index (χ0) is 18.9. The topological polar surface area (TPSA) is 9.23 Å². The maximum atomic E-state index is 7.52. The van der Waals surface area contributed by atoms with Crippen molar-refractivity contribution >= 4 is 22.4 Å². The average molecular weight is 373 g/mol. The van der Waals surface area contributed by atoms with E-state index in [1.807, 2.05) is 31.2 Å². The summed E-state index contributed by atoms with van der Waals surface area (Å²) < 4.78 is 5.45. The van der Waals surface area contributed by atoms with Gasteiger partial charge in [-0.25, -0.2) is 0 Å². The van der Waals surface area contributed by atoms with Crippen LogP contribution in [0.3, 0.4) is 0 Å². The number of hydrogen-bond acceptors (Lipinski definition) is 1. The molecule has 0 aliphatic rings. The van der Waals surface area contributed by atoms with Crippen molar-refractivity contribution in [2.45, 2.75) is 11.8 Å². The van der Waals surface area contributed by atoms with Gasteiger partial charge in [-0.05, 0) is 52.1 Å². The standard InChI is InChI=1S/C25H21ClO/c1-18-17-21(15-16-24(18)27-2)25(26,20-11-4-3-5-12-20)23-14-8-10-19-9-6-7-13-22(19)23/h3-17H,1-2H3. The number of ether oxygens (including phenoxy) is 1. The van der Waals surface area contributed by atoms with Gasteiger partial charge in [-0.1, -0.05) is 78.9 Å². The Morgan fingerprint density at radius 3 is 2.19 bits per heavy atom. The van der Waals surface area contributed by atoms with Crippen molar-refractivity contribution < 1.29 is 4.74 Å². The Kier molecular flexibility index (Phi) is 4.63. The second kappa shape index (κ2) is 7.09. The number of alkyl halides is 1. The lowest BCUT2D eigenvalue weighted by Gasteiger charge is -2.31. The largest absolute Gasteiger partial charge is 0.496 e. The molecular formula is C25H21ClO. The summed E-state index contributed by atoms with van der Waals surface area (Å²) in [7, 11) is 1.69. The highest BCUT2D eigenvalue weighted by atomic mass is 35.5. The van der Waals surface area contributed by atoms with E-state index in [0.29, 0.717) is 0 Å². The predicted octanol–water partition coefficient (Wildman–Crippen LogP) is 6.69. The Bertz CT molecular complexity index is 1080. The summed E-state index contributed by atoms with van der Waals surface area (Å²) in [6.07, 6.45) is 0. The van der Waals surface area contributed by atoms with Gasteiger partial charge in [0.2, 0.25) is 0 Å². The van der Waals surface area contributed by atoms with Crippen molar-refractivity contribution in [2.24, 2.45) is 0 Å². The summed E-state index contributed by atoms with van der Waals surface area (Å²) in [4.78, 5) is -0.793. The average Bonchev–Trinajstić information content (AvgIpc) is 2.73. The Labute approximate surface area is 165 Å². The van der Waals surface area contributed by atoms with Gasteiger partial charge < -0.3 is 4.74 Å². The van der Waals surface area contributed by atoms with Crippen molar-refractivity contribution in [3.8, 4) is 5.75 Å². The van der Waals surface area contributed by atoms with Crippen molar-refractivity contribution in [1.29, 1.82) is 0 Å². The second-order valence-corrected chi connectivity index (χ2v) is 7.30. The number of fused-ring (bicyclic) bond motifs is 1. The highest BCUT2D eigenvalue weighted by Crippen LogP contribution is 2.46. The van der Waals surface area contributed by atoms with E-state index in [-0.39, 0.29) is 0 Å². The number of aryl methyl sites for hydroxylation is 1. The molecule has 0 fully saturated rings. The van der Waals surface area contributed by atoms with Gasteiger partial charge in [-0.2, -0.15) is 0 Å². The zero-order valence-corrected chi connectivity index (χ0v) is 16.2. The van der Waals surface area contributed by atoms with Gasteiger partial charge in [0.25, 0.3) is 0 Å². The van der Waals surface area contributed by atoms with Gasteiger partial charge in [0.15, 0.2) is 0 Å². The van der Waals surface area contributed by atoms with Gasteiger partial charge in [0, 0.05) is 0 Å². The lowest BCUT2D eigenvalue weighted by atomic mass is 9.81. The summed E-state index contributed by atoms with van der Waals surface area (Å²) in [5.74, 6) is 0.865. The first-order valence-electron chi connectivity index (χ1n) is 9.02. The van der Waals surface area contributed by atoms with E-state index in [0.717, 1.165) is 33.4 Å². The van der Waals surface area contributed by atoms with E-state index in [4.69, 9.17) is 16.3 Å². The number of halogens is 1. The van der Waals surface area contributed by atoms with E-state index in [2.05, 4.69) is 66.7 Å². The van der Waals surface area contributed by atoms with Crippen molar-refractivity contribution in [2.75, 3.05) is 7.11 Å². The SMILES string of the molecule is COc1ccc(C(Cl)(c2ccccc2)c2cccc3ccccc23)cc1C. The minimum atomic E-state index is -0.793. The van der Waals surface area contributed by atoms with Gasteiger partial charge in [-0.15, -0.1) is 11.6 Å². The van der Waals surface area contributed by atoms with E-state index < -0.39 is 4.87 Å². The molecule has 0 amide bonds. The number of methoxy groups -OCH3 is 1. The molecule has 0 spiro atoms. The summed E-state index contributed by atoms with van der Waals surface area (Å²) >= 11 is 7.52. The van der Waals surface area contributed by atoms with Crippen LogP contribution in [0.15, 0.2) is 91.0 Å². The molecule has 0 aliphatic carbocycles. The molecule has 0 saturated carbocycles. The molecule has 2 heteroatoms. The molecule has 0 aliphatic heterocycles. The second-order valence-electron chi connectivity index (χ2n) is 6.74. The lowest BCUT2D eigenvalue weighted by Crippen LogP contribution is -2.23. The van der Waals surface area contributed by atoms with Crippen LogP contribution in [0.1, 0.15) is 22.3 Å². The molecule has 0 saturated heterocycles. The normalized spacial score (nSPS) is 13.3. The fourth-order valence-corrected chi connectivity index (χ4v) is 4.17. The Balaban J connectivity index is 2.04. The van der Waals surface area contributed by atoms with Crippen molar-refractivity contribution in [3.05, 3.63) is 113 Å². The van der Waals surface area contributed by atoms with Crippen LogP contribution in [0.4, 0.5) is 0 Å². The van der Waals surface area contributed by atoms with E-state index in [1.165, 1.54) is 5.39 Å². The van der Waals surface area contributed by atoms with Crippen LogP contribution in [0.25, 0.3) is 10.8 Å². The zero-order valence-electron chi connectivity index (χ0n) is 15.4. The fraction of sp³-hybridized carbons (Fsp3) is 0.120. The molecule has 1 atom stereocenters. The Morgan fingerprint density at radius 1 is 0.741 bits per heavy atom. The van der Waals surface area contributed by atoms with Crippen LogP contribution in [0.2, 0.25) is 0 Å². The monoisotopic (exact) mass is 372 g/mol.